The summed E-state index contributed by atoms with van der Waals surface area (Å²) in [6.07, 6.45) is 1.05. The molecule has 0 aliphatic carbocycles. The van der Waals surface area contributed by atoms with Gasteiger partial charge in [0.2, 0.25) is 21.8 Å². The van der Waals surface area contributed by atoms with E-state index in [2.05, 4.69) is 5.32 Å². The van der Waals surface area contributed by atoms with Crippen LogP contribution >= 0.6 is 0 Å². The number of carbonyl (C=O) groups is 2. The van der Waals surface area contributed by atoms with Gasteiger partial charge in [-0.1, -0.05) is 60.2 Å². The van der Waals surface area contributed by atoms with E-state index in [-0.39, 0.29) is 12.5 Å². The summed E-state index contributed by atoms with van der Waals surface area (Å²) in [7, 11) is -2.30. The van der Waals surface area contributed by atoms with E-state index in [0.29, 0.717) is 18.0 Å². The summed E-state index contributed by atoms with van der Waals surface area (Å²) in [5.41, 5.74) is 3.19. The molecular weight excluding hydrogens is 490 g/mol. The number of benzene rings is 3. The van der Waals surface area contributed by atoms with Crippen LogP contribution in [0.15, 0.2) is 78.9 Å². The Morgan fingerprint density at radius 1 is 0.946 bits per heavy atom. The van der Waals surface area contributed by atoms with Gasteiger partial charge in [0.05, 0.1) is 11.9 Å². The van der Waals surface area contributed by atoms with Crippen LogP contribution in [0.5, 0.6) is 5.75 Å². The zero-order chi connectivity index (χ0) is 27.0. The number of ether oxygens (including phenoxy) is 1. The van der Waals surface area contributed by atoms with Crippen molar-refractivity contribution in [3.63, 3.8) is 0 Å². The fourth-order valence-corrected chi connectivity index (χ4v) is 4.71. The average Bonchev–Trinajstić information content (AvgIpc) is 2.88. The first-order chi connectivity index (χ1) is 17.6. The zero-order valence-electron chi connectivity index (χ0n) is 21.5. The quantitative estimate of drug-likeness (QED) is 0.415. The Bertz CT molecular complexity index is 1310. The molecule has 37 heavy (non-hydrogen) atoms. The SMILES string of the molecule is CNC(=O)[C@H](C)N(Cc1cccc(C)c1)C(=O)CN(c1ccc(OCc2ccccc2)cc1)S(C)(=O)=O. The van der Waals surface area contributed by atoms with Gasteiger partial charge in [0.1, 0.15) is 24.9 Å². The minimum absolute atomic E-state index is 0.166. The number of nitrogens with zero attached hydrogens (tertiary/aromatic N) is 2. The number of likely N-dealkylation sites (N-methyl/N-ethyl adjacent to an activating group) is 1. The standard InChI is InChI=1S/C28H33N3O5S/c1-21-9-8-12-24(17-21)18-30(22(2)28(33)29-3)27(32)19-31(37(4,34)35)25-13-15-26(16-14-25)36-20-23-10-6-5-7-11-23/h5-17,22H,18-20H2,1-4H3,(H,29,33)/t22-/m0/s1. The van der Waals surface area contributed by atoms with E-state index in [9.17, 15) is 18.0 Å². The lowest BCUT2D eigenvalue weighted by molar-refractivity contribution is -0.139. The largest absolute Gasteiger partial charge is 0.489 e. The molecule has 0 aliphatic rings. The Morgan fingerprint density at radius 2 is 1.59 bits per heavy atom. The number of nitrogens with one attached hydrogen (secondary N) is 1. The molecule has 0 saturated carbocycles. The summed E-state index contributed by atoms with van der Waals surface area (Å²) in [6, 6.07) is 23.0. The van der Waals surface area contributed by atoms with Crippen LogP contribution in [0.1, 0.15) is 23.6 Å². The normalized spacial score (nSPS) is 11.9. The number of sulfonamides is 1. The molecule has 3 rings (SSSR count). The van der Waals surface area contributed by atoms with Gasteiger partial charge in [-0.25, -0.2) is 8.42 Å². The molecule has 0 aliphatic heterocycles. The summed E-state index contributed by atoms with van der Waals surface area (Å²) in [6.45, 7) is 3.65. The highest BCUT2D eigenvalue weighted by Gasteiger charge is 2.29. The van der Waals surface area contributed by atoms with Crippen molar-refractivity contribution in [2.75, 3.05) is 24.2 Å². The Morgan fingerprint density at radius 3 is 2.19 bits per heavy atom. The maximum Gasteiger partial charge on any atom is 0.244 e. The zero-order valence-corrected chi connectivity index (χ0v) is 22.4. The molecular formula is C28H33N3O5S. The minimum Gasteiger partial charge on any atom is -0.489 e. The number of carbonyl (C=O) groups excluding carboxylic acids is 2. The van der Waals surface area contributed by atoms with Crippen molar-refractivity contribution in [3.8, 4) is 5.75 Å². The summed E-state index contributed by atoms with van der Waals surface area (Å²) in [5.74, 6) is -0.263. The molecule has 0 fully saturated rings. The molecule has 3 aromatic rings. The van der Waals surface area contributed by atoms with Crippen molar-refractivity contribution in [1.29, 1.82) is 0 Å². The molecule has 0 heterocycles. The maximum absolute atomic E-state index is 13.5. The van der Waals surface area contributed by atoms with E-state index in [0.717, 1.165) is 27.3 Å². The summed E-state index contributed by atoms with van der Waals surface area (Å²) >= 11 is 0. The number of rotatable bonds is 11. The van der Waals surface area contributed by atoms with Gasteiger partial charge in [-0.15, -0.1) is 0 Å². The van der Waals surface area contributed by atoms with Crippen LogP contribution in [0, 0.1) is 6.92 Å². The molecule has 2 amide bonds. The maximum atomic E-state index is 13.5. The van der Waals surface area contributed by atoms with Gasteiger partial charge < -0.3 is 15.0 Å². The molecule has 0 radical (unpaired) electrons. The molecule has 1 N–H and O–H groups in total. The minimum atomic E-state index is -3.80. The first kappa shape index (κ1) is 27.7. The Hall–Kier alpha value is -3.85. The van der Waals surface area contributed by atoms with Gasteiger partial charge in [-0.05, 0) is 49.2 Å². The second kappa shape index (κ2) is 12.4. The summed E-state index contributed by atoms with van der Waals surface area (Å²) < 4.78 is 32.2. The van der Waals surface area contributed by atoms with Crippen LogP contribution in [-0.4, -0.2) is 51.0 Å². The van der Waals surface area contributed by atoms with Crippen molar-refractivity contribution < 1.29 is 22.7 Å². The highest BCUT2D eigenvalue weighted by atomic mass is 32.2. The fourth-order valence-electron chi connectivity index (χ4n) is 3.86. The number of anilines is 1. The van der Waals surface area contributed by atoms with Gasteiger partial charge >= 0.3 is 0 Å². The van der Waals surface area contributed by atoms with Crippen LogP contribution in [-0.2, 0) is 32.8 Å². The Kier molecular flexibility index (Phi) is 9.30. The van der Waals surface area contributed by atoms with Crippen molar-refractivity contribution in [3.05, 3.63) is 95.6 Å². The first-order valence-corrected chi connectivity index (χ1v) is 13.7. The second-order valence-electron chi connectivity index (χ2n) is 8.84. The fraction of sp³-hybridized carbons (Fsp3) is 0.286. The van der Waals surface area contributed by atoms with E-state index in [1.54, 1.807) is 31.2 Å². The van der Waals surface area contributed by atoms with Crippen LogP contribution in [0.4, 0.5) is 5.69 Å². The van der Waals surface area contributed by atoms with Crippen LogP contribution in [0.3, 0.4) is 0 Å². The summed E-state index contributed by atoms with van der Waals surface area (Å²) in [5, 5.41) is 2.56. The third-order valence-corrected chi connectivity index (χ3v) is 7.04. The monoisotopic (exact) mass is 523 g/mol. The van der Waals surface area contributed by atoms with E-state index < -0.39 is 28.5 Å². The van der Waals surface area contributed by atoms with Crippen LogP contribution in [0.25, 0.3) is 0 Å². The number of hydrogen-bond acceptors (Lipinski definition) is 5. The van der Waals surface area contributed by atoms with E-state index in [4.69, 9.17) is 4.74 Å². The van der Waals surface area contributed by atoms with Gasteiger partial charge in [-0.3, -0.25) is 13.9 Å². The third-order valence-electron chi connectivity index (χ3n) is 5.90. The number of amides is 2. The molecule has 9 heteroatoms. The van der Waals surface area contributed by atoms with Gasteiger partial charge in [-0.2, -0.15) is 0 Å². The average molecular weight is 524 g/mol. The lowest BCUT2D eigenvalue weighted by Gasteiger charge is -2.31. The Labute approximate surface area is 218 Å². The highest BCUT2D eigenvalue weighted by molar-refractivity contribution is 7.92. The molecule has 0 saturated heterocycles. The van der Waals surface area contributed by atoms with Crippen molar-refractivity contribution in [1.82, 2.24) is 10.2 Å². The molecule has 8 nitrogen and oxygen atoms in total. The molecule has 0 bridgehead atoms. The van der Waals surface area contributed by atoms with Gasteiger partial charge in [0.25, 0.3) is 0 Å². The molecule has 196 valence electrons. The first-order valence-electron chi connectivity index (χ1n) is 11.9. The molecule has 1 atom stereocenters. The smallest absolute Gasteiger partial charge is 0.244 e. The number of hydrogen-bond donors (Lipinski definition) is 1. The molecule has 0 unspecified atom stereocenters. The van der Waals surface area contributed by atoms with Crippen LogP contribution in [0.2, 0.25) is 0 Å². The van der Waals surface area contributed by atoms with E-state index >= 15 is 0 Å². The number of aryl methyl sites for hydroxylation is 1. The Balaban J connectivity index is 1.80. The van der Waals surface area contributed by atoms with Crippen molar-refractivity contribution in [2.24, 2.45) is 0 Å². The van der Waals surface area contributed by atoms with Crippen molar-refractivity contribution >= 4 is 27.5 Å². The lowest BCUT2D eigenvalue weighted by Crippen LogP contribution is -2.50. The molecule has 0 aromatic heterocycles. The van der Waals surface area contributed by atoms with Gasteiger partial charge in [0, 0.05) is 13.6 Å². The summed E-state index contributed by atoms with van der Waals surface area (Å²) in [4.78, 5) is 27.3. The van der Waals surface area contributed by atoms with Crippen molar-refractivity contribution in [2.45, 2.75) is 33.0 Å². The molecule has 0 spiro atoms. The van der Waals surface area contributed by atoms with Crippen LogP contribution < -0.4 is 14.4 Å². The predicted octanol–water partition coefficient (Wildman–Crippen LogP) is 3.50. The third kappa shape index (κ3) is 7.82. The van der Waals surface area contributed by atoms with Gasteiger partial charge in [0.15, 0.2) is 0 Å². The lowest BCUT2D eigenvalue weighted by atomic mass is 10.1. The predicted molar refractivity (Wildman–Crippen MR) is 145 cm³/mol. The topological polar surface area (TPSA) is 96.0 Å². The van der Waals surface area contributed by atoms with E-state index in [1.165, 1.54) is 11.9 Å². The molecule has 3 aromatic carbocycles. The van der Waals surface area contributed by atoms with E-state index in [1.807, 2.05) is 61.5 Å². The highest BCUT2D eigenvalue weighted by Crippen LogP contribution is 2.23. The second-order valence-corrected chi connectivity index (χ2v) is 10.7.